The Hall–Kier alpha value is -1.51. The summed E-state index contributed by atoms with van der Waals surface area (Å²) >= 11 is 0. The van der Waals surface area contributed by atoms with E-state index >= 15 is 0 Å². The Kier molecular flexibility index (Phi) is 4.35. The van der Waals surface area contributed by atoms with Gasteiger partial charge >= 0.3 is 0 Å². The predicted molar refractivity (Wildman–Crippen MR) is 65.1 cm³/mol. The third-order valence-corrected chi connectivity index (χ3v) is 2.52. The van der Waals surface area contributed by atoms with Crippen LogP contribution in [0.3, 0.4) is 0 Å². The molecule has 0 fully saturated rings. The van der Waals surface area contributed by atoms with Crippen LogP contribution in [-0.2, 0) is 0 Å². The maximum absolute atomic E-state index is 11.8. The van der Waals surface area contributed by atoms with Gasteiger partial charge in [0.15, 0.2) is 0 Å². The third-order valence-electron chi connectivity index (χ3n) is 2.52. The smallest absolute Gasteiger partial charge is 0.251 e. The number of hydrogen-bond acceptors (Lipinski definition) is 2. The van der Waals surface area contributed by atoms with Gasteiger partial charge in [-0.05, 0) is 43.5 Å². The van der Waals surface area contributed by atoms with Gasteiger partial charge in [-0.2, -0.15) is 0 Å². The summed E-state index contributed by atoms with van der Waals surface area (Å²) in [6.07, 6.45) is 0.944. The zero-order valence-electron chi connectivity index (χ0n) is 10.4. The van der Waals surface area contributed by atoms with Gasteiger partial charge < -0.3 is 10.1 Å². The molecule has 0 atom stereocenters. The van der Waals surface area contributed by atoms with E-state index < -0.39 is 0 Å². The summed E-state index contributed by atoms with van der Waals surface area (Å²) in [7, 11) is 1.64. The van der Waals surface area contributed by atoms with Crippen LogP contribution >= 0.6 is 0 Å². The summed E-state index contributed by atoms with van der Waals surface area (Å²) in [5.74, 6) is 0.814. The molecule has 0 aromatic heterocycles. The number of ether oxygens (including phenoxy) is 1. The van der Waals surface area contributed by atoms with Crippen LogP contribution in [0.2, 0.25) is 0 Å². The molecule has 1 aromatic carbocycles. The minimum absolute atomic E-state index is 0.00916. The zero-order chi connectivity index (χ0) is 12.1. The lowest BCUT2D eigenvalue weighted by Crippen LogP contribution is -2.24. The Morgan fingerprint density at radius 1 is 1.31 bits per heavy atom. The van der Waals surface area contributed by atoms with Gasteiger partial charge in [0.2, 0.25) is 0 Å². The average molecular weight is 221 g/mol. The lowest BCUT2D eigenvalue weighted by Gasteiger charge is -2.11. The molecular formula is C13H19NO2. The summed E-state index contributed by atoms with van der Waals surface area (Å²) in [6.45, 7) is 6.60. The number of amides is 1. The monoisotopic (exact) mass is 221 g/mol. The fourth-order valence-electron chi connectivity index (χ4n) is 1.59. The Balaban J connectivity index is 2.97. The number of carbonyl (C=O) groups is 1. The lowest BCUT2D eigenvalue weighted by atomic mass is 10.0. The molecule has 0 saturated carbocycles. The van der Waals surface area contributed by atoms with Crippen LogP contribution < -0.4 is 10.1 Å². The summed E-state index contributed by atoms with van der Waals surface area (Å²) < 4.78 is 5.21. The predicted octanol–water partition coefficient (Wildman–Crippen LogP) is 2.45. The van der Waals surface area contributed by atoms with Crippen molar-refractivity contribution in [3.8, 4) is 5.75 Å². The van der Waals surface area contributed by atoms with Crippen molar-refractivity contribution in [2.24, 2.45) is 0 Å². The third kappa shape index (κ3) is 2.75. The number of carbonyl (C=O) groups excluding carboxylic acids is 1. The van der Waals surface area contributed by atoms with Crippen LogP contribution in [0.25, 0.3) is 0 Å². The molecule has 1 rings (SSSR count). The molecular weight excluding hydrogens is 202 g/mol. The van der Waals surface area contributed by atoms with Gasteiger partial charge in [-0.25, -0.2) is 0 Å². The molecule has 1 amide bonds. The van der Waals surface area contributed by atoms with Crippen molar-refractivity contribution in [1.29, 1.82) is 0 Å². The molecule has 0 aliphatic carbocycles. The highest BCUT2D eigenvalue weighted by molar-refractivity contribution is 5.96. The number of hydrogen-bond donors (Lipinski definition) is 1. The standard InChI is InChI=1S/C13H19NO2/c1-5-6-14-13(15)11-7-10(3)12(16-4)8-9(11)2/h7-8H,5-6H2,1-4H3,(H,14,15). The number of methoxy groups -OCH3 is 1. The Bertz CT molecular complexity index is 386. The minimum atomic E-state index is -0.00916. The number of benzene rings is 1. The first-order valence-corrected chi connectivity index (χ1v) is 5.53. The van der Waals surface area contributed by atoms with Gasteiger partial charge in [-0.1, -0.05) is 6.92 Å². The van der Waals surface area contributed by atoms with Crippen molar-refractivity contribution in [2.75, 3.05) is 13.7 Å². The van der Waals surface area contributed by atoms with Crippen molar-refractivity contribution in [2.45, 2.75) is 27.2 Å². The van der Waals surface area contributed by atoms with Crippen molar-refractivity contribution in [1.82, 2.24) is 5.32 Å². The van der Waals surface area contributed by atoms with Crippen LogP contribution in [0, 0.1) is 13.8 Å². The molecule has 16 heavy (non-hydrogen) atoms. The average Bonchev–Trinajstić information content (AvgIpc) is 2.28. The molecule has 0 radical (unpaired) electrons. The highest BCUT2D eigenvalue weighted by Crippen LogP contribution is 2.22. The normalized spacial score (nSPS) is 10.0. The van der Waals surface area contributed by atoms with Gasteiger partial charge in [0, 0.05) is 12.1 Å². The molecule has 0 heterocycles. The molecule has 0 unspecified atom stereocenters. The maximum atomic E-state index is 11.8. The van der Waals surface area contributed by atoms with Crippen molar-refractivity contribution < 1.29 is 9.53 Å². The SMILES string of the molecule is CCCNC(=O)c1cc(C)c(OC)cc1C. The first-order valence-electron chi connectivity index (χ1n) is 5.53. The van der Waals surface area contributed by atoms with Gasteiger partial charge in [-0.3, -0.25) is 4.79 Å². The van der Waals surface area contributed by atoms with Crippen molar-refractivity contribution in [3.63, 3.8) is 0 Å². The Labute approximate surface area is 96.8 Å². The summed E-state index contributed by atoms with van der Waals surface area (Å²) in [5.41, 5.74) is 2.65. The molecule has 0 spiro atoms. The molecule has 0 bridgehead atoms. The second-order valence-corrected chi connectivity index (χ2v) is 3.89. The van der Waals surface area contributed by atoms with Crippen LogP contribution in [0.1, 0.15) is 34.8 Å². The Morgan fingerprint density at radius 2 is 2.00 bits per heavy atom. The second-order valence-electron chi connectivity index (χ2n) is 3.89. The molecule has 0 aliphatic heterocycles. The van der Waals surface area contributed by atoms with E-state index in [1.54, 1.807) is 7.11 Å². The van der Waals surface area contributed by atoms with E-state index in [-0.39, 0.29) is 5.91 Å². The molecule has 3 heteroatoms. The van der Waals surface area contributed by atoms with Crippen LogP contribution in [-0.4, -0.2) is 19.6 Å². The minimum Gasteiger partial charge on any atom is -0.496 e. The summed E-state index contributed by atoms with van der Waals surface area (Å²) in [5, 5.41) is 2.87. The van der Waals surface area contributed by atoms with E-state index in [9.17, 15) is 4.79 Å². The van der Waals surface area contributed by atoms with Gasteiger partial charge in [-0.15, -0.1) is 0 Å². The Morgan fingerprint density at radius 3 is 2.56 bits per heavy atom. The van der Waals surface area contributed by atoms with Gasteiger partial charge in [0.05, 0.1) is 7.11 Å². The molecule has 3 nitrogen and oxygen atoms in total. The van der Waals surface area contributed by atoms with Crippen LogP contribution in [0.15, 0.2) is 12.1 Å². The topological polar surface area (TPSA) is 38.3 Å². The quantitative estimate of drug-likeness (QED) is 0.848. The van der Waals surface area contributed by atoms with Gasteiger partial charge in [0.25, 0.3) is 5.91 Å². The molecule has 0 aliphatic rings. The molecule has 1 aromatic rings. The summed E-state index contributed by atoms with van der Waals surface area (Å²) in [6, 6.07) is 3.77. The van der Waals surface area contributed by atoms with E-state index in [4.69, 9.17) is 4.74 Å². The first-order chi connectivity index (χ1) is 7.60. The fraction of sp³-hybridized carbons (Fsp3) is 0.462. The molecule has 0 saturated heterocycles. The number of nitrogens with one attached hydrogen (secondary N) is 1. The van der Waals surface area contributed by atoms with E-state index in [1.807, 2.05) is 32.9 Å². The van der Waals surface area contributed by atoms with Crippen molar-refractivity contribution >= 4 is 5.91 Å². The number of aryl methyl sites for hydroxylation is 2. The molecule has 1 N–H and O–H groups in total. The second kappa shape index (κ2) is 5.54. The van der Waals surface area contributed by atoms with E-state index in [1.165, 1.54) is 0 Å². The van der Waals surface area contributed by atoms with Crippen LogP contribution in [0.5, 0.6) is 5.75 Å². The highest BCUT2D eigenvalue weighted by atomic mass is 16.5. The van der Waals surface area contributed by atoms with E-state index in [0.29, 0.717) is 6.54 Å². The summed E-state index contributed by atoms with van der Waals surface area (Å²) in [4.78, 5) is 11.8. The number of rotatable bonds is 4. The van der Waals surface area contributed by atoms with E-state index in [0.717, 1.165) is 28.9 Å². The highest BCUT2D eigenvalue weighted by Gasteiger charge is 2.11. The van der Waals surface area contributed by atoms with Crippen LogP contribution in [0.4, 0.5) is 0 Å². The van der Waals surface area contributed by atoms with E-state index in [2.05, 4.69) is 5.32 Å². The largest absolute Gasteiger partial charge is 0.496 e. The molecule has 88 valence electrons. The fourth-order valence-corrected chi connectivity index (χ4v) is 1.59. The van der Waals surface area contributed by atoms with Crippen molar-refractivity contribution in [3.05, 3.63) is 28.8 Å². The zero-order valence-corrected chi connectivity index (χ0v) is 10.4. The first kappa shape index (κ1) is 12.6. The van der Waals surface area contributed by atoms with Gasteiger partial charge in [0.1, 0.15) is 5.75 Å². The maximum Gasteiger partial charge on any atom is 0.251 e. The lowest BCUT2D eigenvalue weighted by molar-refractivity contribution is 0.0953.